The third-order valence-corrected chi connectivity index (χ3v) is 3.45. The summed E-state index contributed by atoms with van der Waals surface area (Å²) < 4.78 is 0. The van der Waals surface area contributed by atoms with E-state index in [-0.39, 0.29) is 0 Å². The van der Waals surface area contributed by atoms with E-state index < -0.39 is 0 Å². The molecule has 0 saturated heterocycles. The van der Waals surface area contributed by atoms with Crippen LogP contribution in [0.4, 0.5) is 0 Å². The molecular formula is C18H16. The summed E-state index contributed by atoms with van der Waals surface area (Å²) in [4.78, 5) is 0. The van der Waals surface area contributed by atoms with Crippen LogP contribution in [0.1, 0.15) is 23.5 Å². The van der Waals surface area contributed by atoms with Crippen LogP contribution in [-0.4, -0.2) is 0 Å². The maximum absolute atomic E-state index is 2.29. The van der Waals surface area contributed by atoms with Crippen LogP contribution in [-0.2, 0) is 0 Å². The maximum atomic E-state index is 2.29. The molecule has 0 fully saturated rings. The normalized spacial score (nSPS) is 18.4. The summed E-state index contributed by atoms with van der Waals surface area (Å²) in [7, 11) is 0. The molecule has 0 heteroatoms. The average molecular weight is 232 g/mol. The molecule has 3 rings (SSSR count). The predicted octanol–water partition coefficient (Wildman–Crippen LogP) is 4.81. The second kappa shape index (κ2) is 5.05. The molecule has 0 heterocycles. The van der Waals surface area contributed by atoms with Crippen molar-refractivity contribution in [2.75, 3.05) is 0 Å². The van der Waals surface area contributed by atoms with E-state index in [4.69, 9.17) is 0 Å². The first-order valence-corrected chi connectivity index (χ1v) is 6.41. The van der Waals surface area contributed by atoms with Crippen LogP contribution < -0.4 is 0 Å². The van der Waals surface area contributed by atoms with Crippen molar-refractivity contribution in [1.82, 2.24) is 0 Å². The predicted molar refractivity (Wildman–Crippen MR) is 77.4 cm³/mol. The molecule has 1 atom stereocenters. The lowest BCUT2D eigenvalue weighted by molar-refractivity contribution is 0.867. The van der Waals surface area contributed by atoms with Crippen LogP contribution >= 0.6 is 0 Å². The van der Waals surface area contributed by atoms with Gasteiger partial charge in [0.05, 0.1) is 0 Å². The largest absolute Gasteiger partial charge is 0.0767 e. The lowest BCUT2D eigenvalue weighted by Crippen LogP contribution is -2.00. The van der Waals surface area contributed by atoms with Crippen LogP contribution in [0.15, 0.2) is 78.9 Å². The van der Waals surface area contributed by atoms with Crippen LogP contribution in [0.25, 0.3) is 5.57 Å². The SMILES string of the molecule is C1=CC(c2ccccc2)CC(c2ccccc2)=C1. The summed E-state index contributed by atoms with van der Waals surface area (Å²) in [5.41, 5.74) is 4.16. The molecule has 2 aromatic carbocycles. The van der Waals surface area contributed by atoms with Gasteiger partial charge >= 0.3 is 0 Å². The van der Waals surface area contributed by atoms with Crippen LogP contribution in [0.5, 0.6) is 0 Å². The molecule has 1 aliphatic carbocycles. The van der Waals surface area contributed by atoms with Gasteiger partial charge < -0.3 is 0 Å². The van der Waals surface area contributed by atoms with Gasteiger partial charge in [-0.3, -0.25) is 0 Å². The van der Waals surface area contributed by atoms with E-state index in [1.807, 2.05) is 0 Å². The van der Waals surface area contributed by atoms with Gasteiger partial charge in [-0.05, 0) is 23.1 Å². The molecule has 0 aromatic heterocycles. The van der Waals surface area contributed by atoms with Gasteiger partial charge in [0.2, 0.25) is 0 Å². The number of allylic oxidation sites excluding steroid dienone is 4. The lowest BCUT2D eigenvalue weighted by atomic mass is 9.86. The smallest absolute Gasteiger partial charge is 0.00617 e. The topological polar surface area (TPSA) is 0 Å². The minimum Gasteiger partial charge on any atom is -0.0767 e. The third-order valence-electron chi connectivity index (χ3n) is 3.45. The molecule has 2 aromatic rings. The molecule has 0 bridgehead atoms. The molecule has 1 aliphatic rings. The minimum atomic E-state index is 0.506. The Bertz CT molecular complexity index is 562. The van der Waals surface area contributed by atoms with Crippen molar-refractivity contribution in [1.29, 1.82) is 0 Å². The summed E-state index contributed by atoms with van der Waals surface area (Å²) in [6.45, 7) is 0. The van der Waals surface area contributed by atoms with Gasteiger partial charge in [0, 0.05) is 5.92 Å². The lowest BCUT2D eigenvalue weighted by Gasteiger charge is -2.19. The Labute approximate surface area is 108 Å². The van der Waals surface area contributed by atoms with Crippen LogP contribution in [0, 0.1) is 0 Å². The first kappa shape index (κ1) is 11.0. The van der Waals surface area contributed by atoms with Gasteiger partial charge in [-0.15, -0.1) is 0 Å². The number of benzene rings is 2. The zero-order valence-electron chi connectivity index (χ0n) is 10.3. The van der Waals surface area contributed by atoms with Crippen LogP contribution in [0.2, 0.25) is 0 Å². The van der Waals surface area contributed by atoms with Gasteiger partial charge in [0.15, 0.2) is 0 Å². The van der Waals surface area contributed by atoms with Crippen molar-refractivity contribution >= 4 is 5.57 Å². The Balaban J connectivity index is 1.85. The zero-order chi connectivity index (χ0) is 12.2. The summed E-state index contributed by atoms with van der Waals surface area (Å²) >= 11 is 0. The highest BCUT2D eigenvalue weighted by Gasteiger charge is 2.14. The fourth-order valence-electron chi connectivity index (χ4n) is 2.47. The monoisotopic (exact) mass is 232 g/mol. The highest BCUT2D eigenvalue weighted by molar-refractivity contribution is 5.69. The first-order valence-electron chi connectivity index (χ1n) is 6.41. The van der Waals surface area contributed by atoms with Crippen LogP contribution in [0.3, 0.4) is 0 Å². The average Bonchev–Trinajstić information content (AvgIpc) is 2.49. The van der Waals surface area contributed by atoms with E-state index in [2.05, 4.69) is 78.9 Å². The molecule has 0 spiro atoms. The molecule has 0 nitrogen and oxygen atoms in total. The van der Waals surface area contributed by atoms with E-state index in [9.17, 15) is 0 Å². The first-order chi connectivity index (χ1) is 8.93. The fourth-order valence-corrected chi connectivity index (χ4v) is 2.47. The maximum Gasteiger partial charge on any atom is 0.00617 e. The zero-order valence-corrected chi connectivity index (χ0v) is 10.3. The Hall–Kier alpha value is -2.08. The van der Waals surface area contributed by atoms with E-state index in [1.54, 1.807) is 0 Å². The summed E-state index contributed by atoms with van der Waals surface area (Å²) in [5, 5.41) is 0. The van der Waals surface area contributed by atoms with Crippen molar-refractivity contribution in [2.45, 2.75) is 12.3 Å². The molecule has 0 saturated carbocycles. The highest BCUT2D eigenvalue weighted by atomic mass is 14.2. The van der Waals surface area contributed by atoms with Gasteiger partial charge in [-0.2, -0.15) is 0 Å². The van der Waals surface area contributed by atoms with Crippen molar-refractivity contribution in [3.8, 4) is 0 Å². The van der Waals surface area contributed by atoms with Gasteiger partial charge in [-0.25, -0.2) is 0 Å². The van der Waals surface area contributed by atoms with Gasteiger partial charge in [-0.1, -0.05) is 78.9 Å². The van der Waals surface area contributed by atoms with E-state index in [0.717, 1.165) is 6.42 Å². The molecule has 0 amide bonds. The number of rotatable bonds is 2. The molecule has 0 radical (unpaired) electrons. The van der Waals surface area contributed by atoms with E-state index in [0.29, 0.717) is 5.92 Å². The van der Waals surface area contributed by atoms with Gasteiger partial charge in [0.25, 0.3) is 0 Å². The summed E-state index contributed by atoms with van der Waals surface area (Å²) in [5.74, 6) is 0.506. The van der Waals surface area contributed by atoms with E-state index in [1.165, 1.54) is 16.7 Å². The van der Waals surface area contributed by atoms with Crippen molar-refractivity contribution in [3.05, 3.63) is 90.0 Å². The third kappa shape index (κ3) is 2.28. The second-order valence-electron chi connectivity index (χ2n) is 4.66. The number of hydrogen-bond donors (Lipinski definition) is 0. The molecule has 1 unspecified atom stereocenters. The van der Waals surface area contributed by atoms with Gasteiger partial charge in [0.1, 0.15) is 0 Å². The molecule has 18 heavy (non-hydrogen) atoms. The second-order valence-corrected chi connectivity index (χ2v) is 4.66. The Morgan fingerprint density at radius 2 is 1.44 bits per heavy atom. The number of hydrogen-bond acceptors (Lipinski definition) is 0. The molecular weight excluding hydrogens is 216 g/mol. The molecule has 0 aliphatic heterocycles. The summed E-state index contributed by atoms with van der Waals surface area (Å²) in [6.07, 6.45) is 7.80. The van der Waals surface area contributed by atoms with E-state index >= 15 is 0 Å². The summed E-state index contributed by atoms with van der Waals surface area (Å²) in [6, 6.07) is 21.4. The fraction of sp³-hybridized carbons (Fsp3) is 0.111. The highest BCUT2D eigenvalue weighted by Crippen LogP contribution is 2.33. The molecule has 0 N–H and O–H groups in total. The van der Waals surface area contributed by atoms with Crippen molar-refractivity contribution < 1.29 is 0 Å². The van der Waals surface area contributed by atoms with Crippen molar-refractivity contribution in [3.63, 3.8) is 0 Å². The van der Waals surface area contributed by atoms with Crippen molar-refractivity contribution in [2.24, 2.45) is 0 Å². The minimum absolute atomic E-state index is 0.506. The molecule has 88 valence electrons. The quantitative estimate of drug-likeness (QED) is 0.696. The Kier molecular flexibility index (Phi) is 3.10. The Morgan fingerprint density at radius 3 is 2.17 bits per heavy atom. The Morgan fingerprint density at radius 1 is 0.778 bits per heavy atom. The standard InChI is InChI=1S/C18H16/c1-3-8-15(9-4-1)17-12-7-13-18(14-17)16-10-5-2-6-11-16/h1-13,17H,14H2.